The summed E-state index contributed by atoms with van der Waals surface area (Å²) < 4.78 is 11.3. The van der Waals surface area contributed by atoms with Gasteiger partial charge in [0.05, 0.1) is 19.6 Å². The van der Waals surface area contributed by atoms with Crippen LogP contribution >= 0.6 is 11.3 Å². The number of aryl methyl sites for hydroxylation is 1. The van der Waals surface area contributed by atoms with E-state index in [1.54, 1.807) is 21.0 Å². The first-order valence-corrected chi connectivity index (χ1v) is 8.58. The number of hydrogen-bond acceptors (Lipinski definition) is 6. The van der Waals surface area contributed by atoms with Crippen molar-refractivity contribution in [3.63, 3.8) is 0 Å². The summed E-state index contributed by atoms with van der Waals surface area (Å²) in [5, 5.41) is 2.42. The van der Waals surface area contributed by atoms with Crippen LogP contribution < -0.4 is 10.3 Å². The maximum Gasteiger partial charge on any atom is 0.328 e. The quantitative estimate of drug-likeness (QED) is 0.670. The summed E-state index contributed by atoms with van der Waals surface area (Å²) in [7, 11) is 2.91. The Morgan fingerprint density at radius 2 is 1.92 bits per heavy atom. The van der Waals surface area contributed by atoms with Crippen LogP contribution in [0, 0.1) is 6.92 Å². The standard InChI is InChI=1S/C18H18N2O4S/c1-10(18(22)24-4)20-11(2)19-16-15(17(20)21)14(9-25-16)12-5-7-13(23-3)8-6-12/h5-10H,1-4H3. The van der Waals surface area contributed by atoms with E-state index in [4.69, 9.17) is 9.47 Å². The van der Waals surface area contributed by atoms with Crippen molar-refractivity contribution in [2.45, 2.75) is 19.9 Å². The summed E-state index contributed by atoms with van der Waals surface area (Å²) in [6, 6.07) is 6.74. The molecule has 3 aromatic rings. The highest BCUT2D eigenvalue weighted by atomic mass is 32.1. The highest BCUT2D eigenvalue weighted by molar-refractivity contribution is 7.17. The summed E-state index contributed by atoms with van der Waals surface area (Å²) in [6.07, 6.45) is 0. The molecule has 6 nitrogen and oxygen atoms in total. The van der Waals surface area contributed by atoms with E-state index in [-0.39, 0.29) is 5.56 Å². The molecule has 0 aliphatic rings. The Morgan fingerprint density at radius 1 is 1.24 bits per heavy atom. The smallest absolute Gasteiger partial charge is 0.328 e. The van der Waals surface area contributed by atoms with Crippen LogP contribution in [0.5, 0.6) is 5.75 Å². The fourth-order valence-electron chi connectivity index (χ4n) is 2.82. The fourth-order valence-corrected chi connectivity index (χ4v) is 3.80. The van der Waals surface area contributed by atoms with Crippen LogP contribution in [0.2, 0.25) is 0 Å². The molecule has 1 aromatic carbocycles. The number of nitrogens with zero attached hydrogens (tertiary/aromatic N) is 2. The summed E-state index contributed by atoms with van der Waals surface area (Å²) in [6.45, 7) is 3.35. The normalized spacial score (nSPS) is 12.2. The molecule has 0 radical (unpaired) electrons. The molecule has 2 heterocycles. The third-order valence-corrected chi connectivity index (χ3v) is 5.02. The second kappa shape index (κ2) is 6.68. The van der Waals surface area contributed by atoms with Gasteiger partial charge in [0.2, 0.25) is 0 Å². The minimum Gasteiger partial charge on any atom is -0.497 e. The number of benzene rings is 1. The molecule has 0 spiro atoms. The fraction of sp³-hybridized carbons (Fsp3) is 0.278. The molecule has 0 N–H and O–H groups in total. The number of carbonyl (C=O) groups excluding carboxylic acids is 1. The van der Waals surface area contributed by atoms with E-state index >= 15 is 0 Å². The van der Waals surface area contributed by atoms with Crippen molar-refractivity contribution < 1.29 is 14.3 Å². The Labute approximate surface area is 148 Å². The third-order valence-electron chi connectivity index (χ3n) is 4.15. The molecular formula is C18H18N2O4S. The molecule has 130 valence electrons. The average molecular weight is 358 g/mol. The van der Waals surface area contributed by atoms with Crippen LogP contribution in [0.25, 0.3) is 21.3 Å². The van der Waals surface area contributed by atoms with Gasteiger partial charge in [0.1, 0.15) is 22.4 Å². The minimum absolute atomic E-state index is 0.243. The predicted molar refractivity (Wildman–Crippen MR) is 97.3 cm³/mol. The number of fused-ring (bicyclic) bond motifs is 1. The van der Waals surface area contributed by atoms with Crippen molar-refractivity contribution in [1.82, 2.24) is 9.55 Å². The number of carbonyl (C=O) groups is 1. The van der Waals surface area contributed by atoms with Crippen molar-refractivity contribution in [3.05, 3.63) is 45.8 Å². The molecule has 0 saturated heterocycles. The molecule has 0 amide bonds. The first-order chi connectivity index (χ1) is 12.0. The first kappa shape index (κ1) is 17.2. The van der Waals surface area contributed by atoms with Crippen molar-refractivity contribution in [1.29, 1.82) is 0 Å². The molecule has 0 aliphatic heterocycles. The van der Waals surface area contributed by atoms with Gasteiger partial charge in [-0.15, -0.1) is 11.3 Å². The predicted octanol–water partition coefficient (Wildman–Crippen LogP) is 3.18. The highest BCUT2D eigenvalue weighted by Crippen LogP contribution is 2.32. The van der Waals surface area contributed by atoms with Crippen molar-refractivity contribution in [2.24, 2.45) is 0 Å². The number of methoxy groups -OCH3 is 2. The van der Waals surface area contributed by atoms with Crippen molar-refractivity contribution in [3.8, 4) is 16.9 Å². The maximum absolute atomic E-state index is 13.1. The van der Waals surface area contributed by atoms with Crippen LogP contribution in [-0.4, -0.2) is 29.7 Å². The van der Waals surface area contributed by atoms with E-state index in [9.17, 15) is 9.59 Å². The molecule has 1 unspecified atom stereocenters. The van der Waals surface area contributed by atoms with Crippen molar-refractivity contribution in [2.75, 3.05) is 14.2 Å². The molecule has 0 saturated carbocycles. The van der Waals surface area contributed by atoms with E-state index in [0.717, 1.165) is 16.9 Å². The zero-order valence-corrected chi connectivity index (χ0v) is 15.2. The zero-order valence-electron chi connectivity index (χ0n) is 14.4. The summed E-state index contributed by atoms with van der Waals surface area (Å²) in [5.41, 5.74) is 1.45. The number of aromatic nitrogens is 2. The topological polar surface area (TPSA) is 70.4 Å². The number of ether oxygens (including phenoxy) is 2. The molecule has 1 atom stereocenters. The van der Waals surface area contributed by atoms with Gasteiger partial charge in [0.15, 0.2) is 0 Å². The van der Waals surface area contributed by atoms with Gasteiger partial charge in [-0.1, -0.05) is 12.1 Å². The molecular weight excluding hydrogens is 340 g/mol. The molecule has 2 aromatic heterocycles. The summed E-state index contributed by atoms with van der Waals surface area (Å²) >= 11 is 1.41. The SMILES string of the molecule is COC(=O)C(C)n1c(C)nc2scc(-c3ccc(OC)cc3)c2c1=O. The van der Waals surface area contributed by atoms with E-state index in [1.807, 2.05) is 29.6 Å². The second-order valence-electron chi connectivity index (χ2n) is 5.59. The zero-order chi connectivity index (χ0) is 18.1. The molecule has 7 heteroatoms. The van der Waals surface area contributed by atoms with E-state index in [1.165, 1.54) is 23.0 Å². The van der Waals surface area contributed by atoms with Gasteiger partial charge in [0.25, 0.3) is 5.56 Å². The number of thiophene rings is 1. The average Bonchev–Trinajstić information content (AvgIpc) is 3.04. The lowest BCUT2D eigenvalue weighted by Crippen LogP contribution is -2.31. The van der Waals surface area contributed by atoms with E-state index in [0.29, 0.717) is 16.0 Å². The molecule has 3 rings (SSSR count). The largest absolute Gasteiger partial charge is 0.497 e. The van der Waals surface area contributed by atoms with Gasteiger partial charge in [-0.2, -0.15) is 0 Å². The summed E-state index contributed by atoms with van der Waals surface area (Å²) in [5.74, 6) is 0.750. The number of esters is 1. The van der Waals surface area contributed by atoms with E-state index in [2.05, 4.69) is 4.98 Å². The van der Waals surface area contributed by atoms with Crippen LogP contribution in [0.15, 0.2) is 34.4 Å². The van der Waals surface area contributed by atoms with Gasteiger partial charge in [0, 0.05) is 10.9 Å². The monoisotopic (exact) mass is 358 g/mol. The second-order valence-corrected chi connectivity index (χ2v) is 6.45. The lowest BCUT2D eigenvalue weighted by Gasteiger charge is -2.15. The van der Waals surface area contributed by atoms with Gasteiger partial charge in [-0.25, -0.2) is 9.78 Å². The number of hydrogen-bond donors (Lipinski definition) is 0. The Kier molecular flexibility index (Phi) is 4.59. The third kappa shape index (κ3) is 2.91. The molecule has 25 heavy (non-hydrogen) atoms. The molecule has 0 fully saturated rings. The van der Waals surface area contributed by atoms with Gasteiger partial charge in [-0.3, -0.25) is 9.36 Å². The van der Waals surface area contributed by atoms with Crippen molar-refractivity contribution >= 4 is 27.5 Å². The lowest BCUT2D eigenvalue weighted by molar-refractivity contribution is -0.144. The van der Waals surface area contributed by atoms with Gasteiger partial charge in [-0.05, 0) is 31.5 Å². The van der Waals surface area contributed by atoms with E-state index < -0.39 is 12.0 Å². The summed E-state index contributed by atoms with van der Waals surface area (Å²) in [4.78, 5) is 30.1. The lowest BCUT2D eigenvalue weighted by atomic mass is 10.1. The van der Waals surface area contributed by atoms with Crippen LogP contribution in [-0.2, 0) is 9.53 Å². The van der Waals surface area contributed by atoms with Crippen LogP contribution in [0.3, 0.4) is 0 Å². The van der Waals surface area contributed by atoms with Crippen LogP contribution in [0.1, 0.15) is 18.8 Å². The Bertz CT molecular complexity index is 989. The van der Waals surface area contributed by atoms with Gasteiger partial charge >= 0.3 is 5.97 Å². The first-order valence-electron chi connectivity index (χ1n) is 7.70. The Morgan fingerprint density at radius 3 is 2.52 bits per heavy atom. The minimum atomic E-state index is -0.738. The van der Waals surface area contributed by atoms with Crippen LogP contribution in [0.4, 0.5) is 0 Å². The number of rotatable bonds is 4. The molecule has 0 bridgehead atoms. The molecule has 0 aliphatic carbocycles. The maximum atomic E-state index is 13.1. The highest BCUT2D eigenvalue weighted by Gasteiger charge is 2.22. The van der Waals surface area contributed by atoms with Gasteiger partial charge < -0.3 is 9.47 Å². The Hall–Kier alpha value is -2.67. The Balaban J connectivity index is 2.22.